The van der Waals surface area contributed by atoms with E-state index in [2.05, 4.69) is 0 Å². The highest BCUT2D eigenvalue weighted by Crippen LogP contribution is 2.19. The first-order valence-electron chi connectivity index (χ1n) is 4.54. The summed E-state index contributed by atoms with van der Waals surface area (Å²) < 4.78 is 5.43. The van der Waals surface area contributed by atoms with Crippen LogP contribution < -0.4 is 0 Å². The average Bonchev–Trinajstić information content (AvgIpc) is 2.17. The van der Waals surface area contributed by atoms with Gasteiger partial charge in [-0.25, -0.2) is 0 Å². The molecule has 1 aromatic rings. The normalized spacial score (nSPS) is 21.2. The lowest BCUT2D eigenvalue weighted by Crippen LogP contribution is -2.33. The molecule has 0 amide bonds. The van der Waals surface area contributed by atoms with Crippen LogP contribution in [0.4, 0.5) is 0 Å². The number of benzene rings is 1. The molecule has 68 valence electrons. The number of carbonyl (C=O) groups excluding carboxylic acids is 1. The Hall–Kier alpha value is -1.15. The molecule has 0 saturated heterocycles. The van der Waals surface area contributed by atoms with Gasteiger partial charge in [-0.05, 0) is 12.0 Å². The van der Waals surface area contributed by atoms with Crippen molar-refractivity contribution in [3.8, 4) is 0 Å². The van der Waals surface area contributed by atoms with Crippen LogP contribution in [0.1, 0.15) is 18.4 Å². The van der Waals surface area contributed by atoms with E-state index in [0.717, 1.165) is 12.0 Å². The minimum absolute atomic E-state index is 0.125. The molecule has 2 rings (SSSR count). The van der Waals surface area contributed by atoms with Gasteiger partial charge in [0.15, 0.2) is 5.78 Å². The summed E-state index contributed by atoms with van der Waals surface area (Å²) in [6.07, 6.45) is 1.46. The zero-order valence-electron chi connectivity index (χ0n) is 7.40. The smallest absolute Gasteiger partial charge is 0.161 e. The Bertz CT molecular complexity index is 292. The number of ether oxygens (including phenoxy) is 1. The van der Waals surface area contributed by atoms with E-state index >= 15 is 0 Å². The van der Waals surface area contributed by atoms with Crippen molar-refractivity contribution in [2.75, 3.05) is 0 Å². The highest BCUT2D eigenvalue weighted by atomic mass is 16.5. The van der Waals surface area contributed by atoms with Gasteiger partial charge in [0, 0.05) is 6.42 Å². The lowest BCUT2D eigenvalue weighted by molar-refractivity contribution is -0.141. The van der Waals surface area contributed by atoms with Crippen LogP contribution >= 0.6 is 0 Å². The maximum absolute atomic E-state index is 10.9. The zero-order valence-corrected chi connectivity index (χ0v) is 7.40. The van der Waals surface area contributed by atoms with Crippen molar-refractivity contribution in [3.05, 3.63) is 35.9 Å². The summed E-state index contributed by atoms with van der Waals surface area (Å²) in [6, 6.07) is 9.92. The van der Waals surface area contributed by atoms with Gasteiger partial charge in [0.2, 0.25) is 0 Å². The average molecular weight is 176 g/mol. The van der Waals surface area contributed by atoms with Gasteiger partial charge < -0.3 is 4.74 Å². The van der Waals surface area contributed by atoms with Gasteiger partial charge in [-0.3, -0.25) is 4.79 Å². The van der Waals surface area contributed by atoms with E-state index in [1.807, 2.05) is 30.3 Å². The predicted octanol–water partition coefficient (Wildman–Crippen LogP) is 1.93. The largest absolute Gasteiger partial charge is 0.366 e. The van der Waals surface area contributed by atoms with Crippen LogP contribution in [0.25, 0.3) is 0 Å². The molecule has 0 bridgehead atoms. The molecule has 2 heteroatoms. The van der Waals surface area contributed by atoms with Gasteiger partial charge >= 0.3 is 0 Å². The molecule has 0 aliphatic heterocycles. The first-order chi connectivity index (χ1) is 6.36. The Morgan fingerprint density at radius 1 is 1.31 bits per heavy atom. The zero-order chi connectivity index (χ0) is 9.10. The van der Waals surface area contributed by atoms with E-state index in [4.69, 9.17) is 4.74 Å². The minimum Gasteiger partial charge on any atom is -0.366 e. The van der Waals surface area contributed by atoms with Crippen molar-refractivity contribution in [1.82, 2.24) is 0 Å². The van der Waals surface area contributed by atoms with Crippen molar-refractivity contribution in [1.29, 1.82) is 0 Å². The molecule has 0 N–H and O–H groups in total. The lowest BCUT2D eigenvalue weighted by atomic mass is 9.94. The monoisotopic (exact) mass is 176 g/mol. The number of Topliss-reactive ketones (excluding diaryl/α,β-unsaturated/α-hetero) is 1. The molecule has 0 aromatic heterocycles. The molecular formula is C11H12O2. The van der Waals surface area contributed by atoms with Gasteiger partial charge in [-0.2, -0.15) is 0 Å². The predicted molar refractivity (Wildman–Crippen MR) is 49.3 cm³/mol. The second-order valence-electron chi connectivity index (χ2n) is 3.29. The maximum Gasteiger partial charge on any atom is 0.161 e. The topological polar surface area (TPSA) is 26.3 Å². The van der Waals surface area contributed by atoms with Crippen LogP contribution in [0.2, 0.25) is 0 Å². The molecule has 0 unspecified atom stereocenters. The summed E-state index contributed by atoms with van der Waals surface area (Å²) >= 11 is 0. The Balaban J connectivity index is 1.83. The molecule has 0 spiro atoms. The molecule has 0 radical (unpaired) electrons. The molecule has 1 saturated carbocycles. The number of rotatable bonds is 3. The standard InChI is InChI=1S/C11H12O2/c12-10-6-7-11(10)13-8-9-4-2-1-3-5-9/h1-5,11H,6-8H2/t11-/m1/s1. The van der Waals surface area contributed by atoms with Crippen LogP contribution in [0.15, 0.2) is 30.3 Å². The first-order valence-corrected chi connectivity index (χ1v) is 4.54. The summed E-state index contributed by atoms with van der Waals surface area (Å²) in [5, 5.41) is 0. The van der Waals surface area contributed by atoms with Crippen molar-refractivity contribution < 1.29 is 9.53 Å². The molecule has 1 atom stereocenters. The van der Waals surface area contributed by atoms with E-state index in [0.29, 0.717) is 13.0 Å². The third-order valence-electron chi connectivity index (χ3n) is 2.31. The van der Waals surface area contributed by atoms with Crippen LogP contribution in [0.3, 0.4) is 0 Å². The molecule has 1 aromatic carbocycles. The number of hydrogen-bond donors (Lipinski definition) is 0. The third-order valence-corrected chi connectivity index (χ3v) is 2.31. The van der Waals surface area contributed by atoms with Gasteiger partial charge in [0.05, 0.1) is 6.61 Å². The summed E-state index contributed by atoms with van der Waals surface area (Å²) in [5.41, 5.74) is 1.13. The number of hydrogen-bond acceptors (Lipinski definition) is 2. The molecule has 2 nitrogen and oxygen atoms in total. The molecule has 0 heterocycles. The quantitative estimate of drug-likeness (QED) is 0.703. The summed E-state index contributed by atoms with van der Waals surface area (Å²) in [6.45, 7) is 0.553. The van der Waals surface area contributed by atoms with Gasteiger partial charge in [-0.1, -0.05) is 30.3 Å². The molecular weight excluding hydrogens is 164 g/mol. The van der Waals surface area contributed by atoms with Gasteiger partial charge in [0.1, 0.15) is 6.10 Å². The Morgan fingerprint density at radius 3 is 2.62 bits per heavy atom. The van der Waals surface area contributed by atoms with Crippen LogP contribution in [-0.2, 0) is 16.1 Å². The third kappa shape index (κ3) is 1.95. The summed E-state index contributed by atoms with van der Waals surface area (Å²) in [5.74, 6) is 0.246. The van der Waals surface area contributed by atoms with Crippen LogP contribution in [0.5, 0.6) is 0 Å². The fourth-order valence-corrected chi connectivity index (χ4v) is 1.33. The highest BCUT2D eigenvalue weighted by Gasteiger charge is 2.28. The van der Waals surface area contributed by atoms with E-state index in [1.165, 1.54) is 0 Å². The Labute approximate surface area is 77.5 Å². The van der Waals surface area contributed by atoms with Crippen molar-refractivity contribution in [2.45, 2.75) is 25.6 Å². The van der Waals surface area contributed by atoms with Crippen LogP contribution in [0, 0.1) is 0 Å². The van der Waals surface area contributed by atoms with E-state index < -0.39 is 0 Å². The molecule has 1 aliphatic carbocycles. The number of carbonyl (C=O) groups is 1. The number of ketones is 1. The molecule has 1 fully saturated rings. The second-order valence-corrected chi connectivity index (χ2v) is 3.29. The first kappa shape index (κ1) is 8.45. The fourth-order valence-electron chi connectivity index (χ4n) is 1.33. The lowest BCUT2D eigenvalue weighted by Gasteiger charge is -2.23. The van der Waals surface area contributed by atoms with Crippen LogP contribution in [-0.4, -0.2) is 11.9 Å². The van der Waals surface area contributed by atoms with Crippen molar-refractivity contribution in [2.24, 2.45) is 0 Å². The fraction of sp³-hybridized carbons (Fsp3) is 0.364. The van der Waals surface area contributed by atoms with Gasteiger partial charge in [-0.15, -0.1) is 0 Å². The summed E-state index contributed by atoms with van der Waals surface area (Å²) in [7, 11) is 0. The SMILES string of the molecule is O=C1CC[C@H]1OCc1ccccc1. The molecule has 13 heavy (non-hydrogen) atoms. The van der Waals surface area contributed by atoms with Gasteiger partial charge in [0.25, 0.3) is 0 Å². The maximum atomic E-state index is 10.9. The van der Waals surface area contributed by atoms with Crippen molar-refractivity contribution in [3.63, 3.8) is 0 Å². The summed E-state index contributed by atoms with van der Waals surface area (Å²) in [4.78, 5) is 10.9. The molecule has 1 aliphatic rings. The minimum atomic E-state index is -0.125. The van der Waals surface area contributed by atoms with Crippen molar-refractivity contribution >= 4 is 5.78 Å². The van der Waals surface area contributed by atoms with E-state index in [1.54, 1.807) is 0 Å². The Kier molecular flexibility index (Phi) is 2.41. The Morgan fingerprint density at radius 2 is 2.08 bits per heavy atom. The highest BCUT2D eigenvalue weighted by molar-refractivity contribution is 5.88. The second kappa shape index (κ2) is 3.71. The van der Waals surface area contributed by atoms with E-state index in [-0.39, 0.29) is 11.9 Å². The van der Waals surface area contributed by atoms with E-state index in [9.17, 15) is 4.79 Å².